The van der Waals surface area contributed by atoms with E-state index in [2.05, 4.69) is 28.9 Å². The van der Waals surface area contributed by atoms with Crippen LogP contribution in [0.2, 0.25) is 0 Å². The monoisotopic (exact) mass is 325 g/mol. The third-order valence-electron chi connectivity index (χ3n) is 6.22. The van der Waals surface area contributed by atoms with E-state index in [1.807, 2.05) is 18.3 Å². The van der Waals surface area contributed by atoms with E-state index in [4.69, 9.17) is 10.5 Å². The lowest BCUT2D eigenvalue weighted by Gasteiger charge is -2.51. The number of ether oxygens (including phenoxy) is 1. The molecule has 4 heteroatoms. The van der Waals surface area contributed by atoms with Crippen molar-refractivity contribution in [2.24, 2.45) is 17.6 Å². The van der Waals surface area contributed by atoms with Crippen molar-refractivity contribution in [1.82, 2.24) is 9.88 Å². The first-order valence-electron chi connectivity index (χ1n) is 9.13. The molecule has 5 atom stereocenters. The summed E-state index contributed by atoms with van der Waals surface area (Å²) in [5.74, 6) is 2.57. The Labute approximate surface area is 144 Å². The summed E-state index contributed by atoms with van der Waals surface area (Å²) in [4.78, 5) is 7.12. The molecular weight excluding hydrogens is 298 g/mol. The van der Waals surface area contributed by atoms with E-state index in [0.29, 0.717) is 6.04 Å². The minimum absolute atomic E-state index is 0.0308. The zero-order chi connectivity index (χ0) is 16.7. The van der Waals surface area contributed by atoms with E-state index < -0.39 is 0 Å². The third kappa shape index (κ3) is 2.58. The van der Waals surface area contributed by atoms with Crippen LogP contribution in [0.5, 0.6) is 5.75 Å². The Balaban J connectivity index is 1.68. The maximum absolute atomic E-state index is 6.79. The highest BCUT2D eigenvalue weighted by Gasteiger charge is 2.41. The van der Waals surface area contributed by atoms with Gasteiger partial charge in [0, 0.05) is 30.2 Å². The molecule has 2 bridgehead atoms. The van der Waals surface area contributed by atoms with Crippen molar-refractivity contribution in [3.05, 3.63) is 36.0 Å². The van der Waals surface area contributed by atoms with Crippen molar-refractivity contribution in [2.45, 2.75) is 38.3 Å². The Morgan fingerprint density at radius 1 is 1.38 bits per heavy atom. The van der Waals surface area contributed by atoms with Crippen molar-refractivity contribution in [3.63, 3.8) is 0 Å². The number of methoxy groups -OCH3 is 1. The number of aromatic nitrogens is 1. The third-order valence-corrected chi connectivity index (χ3v) is 6.22. The summed E-state index contributed by atoms with van der Waals surface area (Å²) in [6.45, 7) is 4.74. The van der Waals surface area contributed by atoms with Crippen LogP contribution in [0.3, 0.4) is 0 Å². The maximum atomic E-state index is 6.79. The molecule has 0 unspecified atom stereocenters. The summed E-state index contributed by atoms with van der Waals surface area (Å²) in [5, 5.41) is 1.12. The smallest absolute Gasteiger partial charge is 0.119 e. The van der Waals surface area contributed by atoms with Crippen molar-refractivity contribution in [1.29, 1.82) is 0 Å². The summed E-state index contributed by atoms with van der Waals surface area (Å²) in [7, 11) is 1.70. The van der Waals surface area contributed by atoms with Gasteiger partial charge in [0.05, 0.1) is 12.6 Å². The number of pyridine rings is 1. The second-order valence-electron chi connectivity index (χ2n) is 7.32. The highest BCUT2D eigenvalue weighted by Crippen LogP contribution is 2.42. The molecule has 5 rings (SSSR count). The highest BCUT2D eigenvalue weighted by atomic mass is 16.5. The molecule has 128 valence electrons. The van der Waals surface area contributed by atoms with Gasteiger partial charge in [-0.2, -0.15) is 0 Å². The molecule has 0 spiro atoms. The predicted octanol–water partition coefficient (Wildman–Crippen LogP) is 3.36. The Morgan fingerprint density at radius 2 is 2.25 bits per heavy atom. The second kappa shape index (κ2) is 6.34. The van der Waals surface area contributed by atoms with Crippen LogP contribution in [-0.2, 0) is 0 Å². The molecule has 3 aliphatic rings. The molecule has 3 aliphatic heterocycles. The normalized spacial score (nSPS) is 30.5. The first-order chi connectivity index (χ1) is 11.7. The van der Waals surface area contributed by atoms with Crippen LogP contribution in [0, 0.1) is 11.8 Å². The summed E-state index contributed by atoms with van der Waals surface area (Å²) in [5.41, 5.74) is 8.98. The number of fused-ring (bicyclic) bond motifs is 4. The molecule has 2 N–H and O–H groups in total. The number of hydrogen-bond donors (Lipinski definition) is 1. The number of nitrogens with zero attached hydrogens (tertiary/aromatic N) is 2. The summed E-state index contributed by atoms with van der Waals surface area (Å²) < 4.78 is 5.40. The summed E-state index contributed by atoms with van der Waals surface area (Å²) in [6, 6.07) is 8.62. The van der Waals surface area contributed by atoms with E-state index in [0.717, 1.165) is 28.5 Å². The molecule has 1 aromatic heterocycles. The van der Waals surface area contributed by atoms with Gasteiger partial charge in [-0.3, -0.25) is 9.88 Å². The lowest BCUT2D eigenvalue weighted by Crippen LogP contribution is -2.56. The van der Waals surface area contributed by atoms with Crippen LogP contribution < -0.4 is 10.5 Å². The first kappa shape index (κ1) is 15.9. The van der Waals surface area contributed by atoms with E-state index in [-0.39, 0.29) is 6.04 Å². The van der Waals surface area contributed by atoms with Gasteiger partial charge < -0.3 is 10.5 Å². The molecule has 24 heavy (non-hydrogen) atoms. The average Bonchev–Trinajstić information content (AvgIpc) is 2.66. The fraction of sp³-hybridized carbons (Fsp3) is 0.550. The van der Waals surface area contributed by atoms with Crippen LogP contribution in [0.15, 0.2) is 30.5 Å². The molecule has 0 amide bonds. The average molecular weight is 325 g/mol. The Morgan fingerprint density at radius 3 is 2.96 bits per heavy atom. The highest BCUT2D eigenvalue weighted by molar-refractivity contribution is 5.84. The van der Waals surface area contributed by atoms with Crippen LogP contribution in [-0.4, -0.2) is 36.1 Å². The molecule has 0 saturated carbocycles. The van der Waals surface area contributed by atoms with Crippen molar-refractivity contribution in [2.75, 3.05) is 20.2 Å². The van der Waals surface area contributed by atoms with E-state index >= 15 is 0 Å². The largest absolute Gasteiger partial charge is 0.497 e. The van der Waals surface area contributed by atoms with Crippen molar-refractivity contribution >= 4 is 10.9 Å². The van der Waals surface area contributed by atoms with Crippen molar-refractivity contribution in [3.8, 4) is 5.75 Å². The predicted molar refractivity (Wildman–Crippen MR) is 97.1 cm³/mol. The van der Waals surface area contributed by atoms with Gasteiger partial charge in [-0.25, -0.2) is 0 Å². The first-order valence-corrected chi connectivity index (χ1v) is 9.13. The van der Waals surface area contributed by atoms with Crippen LogP contribution in [0.1, 0.15) is 37.8 Å². The molecule has 1 aromatic carbocycles. The summed E-state index contributed by atoms with van der Waals surface area (Å²) in [6.07, 6.45) is 5.74. The number of piperidine rings is 3. The van der Waals surface area contributed by atoms with Gasteiger partial charge in [-0.1, -0.05) is 13.3 Å². The summed E-state index contributed by atoms with van der Waals surface area (Å²) >= 11 is 0. The zero-order valence-corrected chi connectivity index (χ0v) is 14.6. The minimum atomic E-state index is 0.0308. The molecule has 3 saturated heterocycles. The van der Waals surface area contributed by atoms with Crippen LogP contribution in [0.4, 0.5) is 0 Å². The lowest BCUT2D eigenvalue weighted by atomic mass is 9.72. The standard InChI is InChI=1S/C20H27N3O/c1-3-13-12-23-9-7-14(13)10-19(23)20(21)16-6-8-22-18-5-4-15(24-2)11-17(16)18/h4-6,8,11,13-14,19-20H,3,7,9-10,12,21H2,1-2H3/t13-,14+,19+,20+/m0/s1. The Bertz CT molecular complexity index is 732. The zero-order valence-electron chi connectivity index (χ0n) is 14.6. The van der Waals surface area contributed by atoms with Gasteiger partial charge >= 0.3 is 0 Å². The van der Waals surface area contributed by atoms with Crippen molar-refractivity contribution < 1.29 is 4.74 Å². The quantitative estimate of drug-likeness (QED) is 0.936. The Kier molecular flexibility index (Phi) is 4.19. The van der Waals surface area contributed by atoms with Gasteiger partial charge in [0.2, 0.25) is 0 Å². The molecule has 0 radical (unpaired) electrons. The fourth-order valence-electron chi connectivity index (χ4n) is 4.79. The fourth-order valence-corrected chi connectivity index (χ4v) is 4.79. The van der Waals surface area contributed by atoms with Gasteiger partial charge in [-0.15, -0.1) is 0 Å². The van der Waals surface area contributed by atoms with Gasteiger partial charge in [0.25, 0.3) is 0 Å². The SMILES string of the molecule is CC[C@H]1C[N@@]2CC[C@@H]1C[C@@H]2[C@H](N)c1ccnc2ccc(OC)cc12. The molecule has 3 fully saturated rings. The number of nitrogens with two attached hydrogens (primary N) is 1. The van der Waals surface area contributed by atoms with Crippen LogP contribution in [0.25, 0.3) is 10.9 Å². The van der Waals surface area contributed by atoms with Gasteiger partial charge in [-0.05, 0) is 61.1 Å². The lowest BCUT2D eigenvalue weighted by molar-refractivity contribution is -0.0105. The number of hydrogen-bond acceptors (Lipinski definition) is 4. The van der Waals surface area contributed by atoms with Crippen LogP contribution >= 0.6 is 0 Å². The molecule has 4 heterocycles. The van der Waals surface area contributed by atoms with E-state index in [1.165, 1.54) is 37.9 Å². The number of rotatable bonds is 4. The molecular formula is C20H27N3O. The van der Waals surface area contributed by atoms with E-state index in [1.54, 1.807) is 7.11 Å². The van der Waals surface area contributed by atoms with E-state index in [9.17, 15) is 0 Å². The molecule has 4 nitrogen and oxygen atoms in total. The molecule has 2 aromatic rings. The number of benzene rings is 1. The van der Waals surface area contributed by atoms with Gasteiger partial charge in [0.15, 0.2) is 0 Å². The molecule has 0 aliphatic carbocycles. The maximum Gasteiger partial charge on any atom is 0.119 e. The topological polar surface area (TPSA) is 51.4 Å². The van der Waals surface area contributed by atoms with Gasteiger partial charge in [0.1, 0.15) is 5.75 Å². The minimum Gasteiger partial charge on any atom is -0.497 e. The second-order valence-corrected chi connectivity index (χ2v) is 7.32. The Hall–Kier alpha value is -1.65.